The second-order valence-electron chi connectivity index (χ2n) is 5.32. The van der Waals surface area contributed by atoms with E-state index in [1.165, 1.54) is 11.3 Å². The first kappa shape index (κ1) is 15.0. The maximum atomic E-state index is 12.4. The first-order chi connectivity index (χ1) is 9.20. The van der Waals surface area contributed by atoms with Crippen molar-refractivity contribution >= 4 is 24.2 Å². The van der Waals surface area contributed by atoms with Crippen LogP contribution < -0.4 is 5.32 Å². The van der Waals surface area contributed by atoms with E-state index in [-0.39, 0.29) is 36.3 Å². The van der Waals surface area contributed by atoms with Crippen LogP contribution >= 0.6 is 12.4 Å². The van der Waals surface area contributed by atoms with Crippen molar-refractivity contribution < 1.29 is 9.59 Å². The summed E-state index contributed by atoms with van der Waals surface area (Å²) in [6.45, 7) is 2.93. The molecule has 0 radical (unpaired) electrons. The number of amides is 2. The molecule has 0 aromatic heterocycles. The SMILES string of the molecule is CC(C1CCCCN1)N1C(=O)c2ccccc2C1=O.Cl. The normalized spacial score (nSPS) is 23.2. The quantitative estimate of drug-likeness (QED) is 0.851. The number of fused-ring (bicyclic) bond motifs is 1. The highest BCUT2D eigenvalue weighted by molar-refractivity contribution is 6.21. The molecule has 1 aromatic rings. The monoisotopic (exact) mass is 294 g/mol. The number of hydrogen-bond donors (Lipinski definition) is 1. The highest BCUT2D eigenvalue weighted by Gasteiger charge is 2.40. The first-order valence-electron chi connectivity index (χ1n) is 6.90. The molecule has 1 N–H and O–H groups in total. The molecular weight excluding hydrogens is 276 g/mol. The summed E-state index contributed by atoms with van der Waals surface area (Å²) in [6, 6.07) is 7.20. The van der Waals surface area contributed by atoms with Crippen LogP contribution in [0.1, 0.15) is 46.9 Å². The number of nitrogens with zero attached hydrogens (tertiary/aromatic N) is 1. The Hall–Kier alpha value is -1.39. The Bertz CT molecular complexity index is 491. The van der Waals surface area contributed by atoms with Crippen molar-refractivity contribution in [3.8, 4) is 0 Å². The Kier molecular flexibility index (Phi) is 4.45. The molecule has 2 atom stereocenters. The molecule has 2 aliphatic rings. The summed E-state index contributed by atoms with van der Waals surface area (Å²) in [5.41, 5.74) is 1.07. The van der Waals surface area contributed by atoms with Gasteiger partial charge in [-0.3, -0.25) is 14.5 Å². The number of carbonyl (C=O) groups is 2. The molecule has 0 aliphatic carbocycles. The zero-order valence-electron chi connectivity index (χ0n) is 11.5. The lowest BCUT2D eigenvalue weighted by atomic mass is 9.98. The second kappa shape index (κ2) is 5.94. The molecule has 1 aromatic carbocycles. The summed E-state index contributed by atoms with van der Waals surface area (Å²) in [5, 5.41) is 3.42. The fourth-order valence-corrected chi connectivity index (χ4v) is 3.05. The van der Waals surface area contributed by atoms with E-state index in [1.807, 2.05) is 6.92 Å². The minimum atomic E-state index is -0.152. The van der Waals surface area contributed by atoms with Crippen LogP contribution in [0.15, 0.2) is 24.3 Å². The summed E-state index contributed by atoms with van der Waals surface area (Å²) in [6.07, 6.45) is 3.35. The lowest BCUT2D eigenvalue weighted by molar-refractivity contribution is 0.0552. The van der Waals surface area contributed by atoms with Crippen molar-refractivity contribution in [1.82, 2.24) is 10.2 Å². The van der Waals surface area contributed by atoms with Crippen LogP contribution in [0.25, 0.3) is 0 Å². The van der Waals surface area contributed by atoms with Crippen molar-refractivity contribution in [1.29, 1.82) is 0 Å². The number of benzene rings is 1. The van der Waals surface area contributed by atoms with Gasteiger partial charge in [-0.15, -0.1) is 12.4 Å². The van der Waals surface area contributed by atoms with Crippen molar-refractivity contribution in [2.75, 3.05) is 6.54 Å². The second-order valence-corrected chi connectivity index (χ2v) is 5.32. The summed E-state index contributed by atoms with van der Waals surface area (Å²) in [4.78, 5) is 26.2. The maximum Gasteiger partial charge on any atom is 0.261 e. The number of hydrogen-bond acceptors (Lipinski definition) is 3. The third-order valence-corrected chi connectivity index (χ3v) is 4.16. The molecule has 0 bridgehead atoms. The molecule has 4 nitrogen and oxygen atoms in total. The number of nitrogens with one attached hydrogen (secondary N) is 1. The molecule has 0 spiro atoms. The lowest BCUT2D eigenvalue weighted by Gasteiger charge is -2.33. The van der Waals surface area contributed by atoms with Gasteiger partial charge in [-0.25, -0.2) is 0 Å². The van der Waals surface area contributed by atoms with Gasteiger partial charge < -0.3 is 5.32 Å². The van der Waals surface area contributed by atoms with E-state index in [1.54, 1.807) is 24.3 Å². The molecule has 0 saturated carbocycles. The molecule has 3 rings (SSSR count). The molecule has 2 aliphatic heterocycles. The van der Waals surface area contributed by atoms with Crippen LogP contribution in [0, 0.1) is 0 Å². The zero-order valence-corrected chi connectivity index (χ0v) is 12.3. The minimum Gasteiger partial charge on any atom is -0.312 e. The Balaban J connectivity index is 0.00000147. The van der Waals surface area contributed by atoms with E-state index in [0.717, 1.165) is 19.4 Å². The number of carbonyl (C=O) groups excluding carboxylic acids is 2. The highest BCUT2D eigenvalue weighted by Crippen LogP contribution is 2.26. The molecule has 2 amide bonds. The van der Waals surface area contributed by atoms with Gasteiger partial charge >= 0.3 is 0 Å². The number of imide groups is 1. The summed E-state index contributed by atoms with van der Waals surface area (Å²) < 4.78 is 0. The van der Waals surface area contributed by atoms with Gasteiger partial charge in [-0.05, 0) is 38.4 Å². The molecule has 108 valence electrons. The third kappa shape index (κ3) is 2.34. The number of piperidine rings is 1. The zero-order chi connectivity index (χ0) is 13.4. The summed E-state index contributed by atoms with van der Waals surface area (Å²) in [5.74, 6) is -0.305. The van der Waals surface area contributed by atoms with Gasteiger partial charge in [0.1, 0.15) is 0 Å². The van der Waals surface area contributed by atoms with E-state index in [2.05, 4.69) is 5.32 Å². The molecule has 2 unspecified atom stereocenters. The third-order valence-electron chi connectivity index (χ3n) is 4.16. The van der Waals surface area contributed by atoms with E-state index >= 15 is 0 Å². The summed E-state index contributed by atoms with van der Waals surface area (Å²) in [7, 11) is 0. The lowest BCUT2D eigenvalue weighted by Crippen LogP contribution is -2.52. The Morgan fingerprint density at radius 3 is 2.25 bits per heavy atom. The minimum absolute atomic E-state index is 0. The van der Waals surface area contributed by atoms with Crippen LogP contribution in [-0.4, -0.2) is 35.3 Å². The average molecular weight is 295 g/mol. The van der Waals surface area contributed by atoms with Crippen molar-refractivity contribution in [2.24, 2.45) is 0 Å². The molecular formula is C15H19ClN2O2. The van der Waals surface area contributed by atoms with E-state index in [4.69, 9.17) is 0 Å². The predicted molar refractivity (Wildman–Crippen MR) is 79.3 cm³/mol. The Labute approximate surface area is 124 Å². The Morgan fingerprint density at radius 1 is 1.15 bits per heavy atom. The van der Waals surface area contributed by atoms with Gasteiger partial charge in [0.2, 0.25) is 0 Å². The van der Waals surface area contributed by atoms with Gasteiger partial charge in [0.05, 0.1) is 17.2 Å². The fraction of sp³-hybridized carbons (Fsp3) is 0.467. The average Bonchev–Trinajstić information content (AvgIpc) is 2.72. The van der Waals surface area contributed by atoms with Crippen molar-refractivity contribution in [2.45, 2.75) is 38.3 Å². The van der Waals surface area contributed by atoms with Gasteiger partial charge in [0, 0.05) is 6.04 Å². The van der Waals surface area contributed by atoms with Crippen LogP contribution in [-0.2, 0) is 0 Å². The van der Waals surface area contributed by atoms with Crippen LogP contribution in [0.2, 0.25) is 0 Å². The van der Waals surface area contributed by atoms with E-state index < -0.39 is 0 Å². The number of rotatable bonds is 2. The molecule has 1 fully saturated rings. The van der Waals surface area contributed by atoms with Crippen molar-refractivity contribution in [3.05, 3.63) is 35.4 Å². The van der Waals surface area contributed by atoms with E-state index in [9.17, 15) is 9.59 Å². The number of halogens is 1. The fourth-order valence-electron chi connectivity index (χ4n) is 3.05. The molecule has 20 heavy (non-hydrogen) atoms. The van der Waals surface area contributed by atoms with Gasteiger partial charge in [-0.2, -0.15) is 0 Å². The topological polar surface area (TPSA) is 49.4 Å². The van der Waals surface area contributed by atoms with Crippen LogP contribution in [0.5, 0.6) is 0 Å². The Morgan fingerprint density at radius 2 is 1.75 bits per heavy atom. The first-order valence-corrected chi connectivity index (χ1v) is 6.90. The standard InChI is InChI=1S/C15H18N2O2.ClH/c1-10(13-8-4-5-9-16-13)17-14(18)11-6-2-3-7-12(11)15(17)19;/h2-3,6-7,10,13,16H,4-5,8-9H2,1H3;1H. The van der Waals surface area contributed by atoms with Gasteiger partial charge in [-0.1, -0.05) is 18.6 Å². The van der Waals surface area contributed by atoms with Crippen LogP contribution in [0.3, 0.4) is 0 Å². The molecule has 1 saturated heterocycles. The summed E-state index contributed by atoms with van der Waals surface area (Å²) >= 11 is 0. The van der Waals surface area contributed by atoms with Gasteiger partial charge in [0.15, 0.2) is 0 Å². The van der Waals surface area contributed by atoms with Crippen molar-refractivity contribution in [3.63, 3.8) is 0 Å². The molecule has 2 heterocycles. The molecule has 5 heteroatoms. The smallest absolute Gasteiger partial charge is 0.261 e. The van der Waals surface area contributed by atoms with Crippen LogP contribution in [0.4, 0.5) is 0 Å². The van der Waals surface area contributed by atoms with Gasteiger partial charge in [0.25, 0.3) is 11.8 Å². The highest BCUT2D eigenvalue weighted by atomic mass is 35.5. The van der Waals surface area contributed by atoms with E-state index in [0.29, 0.717) is 11.1 Å². The largest absolute Gasteiger partial charge is 0.312 e. The predicted octanol–water partition coefficient (Wildman–Crippen LogP) is 2.24. The maximum absolute atomic E-state index is 12.4.